The molecule has 0 bridgehead atoms. The molecule has 0 saturated heterocycles. The van der Waals surface area contributed by atoms with Gasteiger partial charge in [-0.05, 0) is 17.7 Å². The number of nitrogens with zero attached hydrogens (tertiary/aromatic N) is 2. The van der Waals surface area contributed by atoms with Crippen LogP contribution in [0.2, 0.25) is 0 Å². The van der Waals surface area contributed by atoms with E-state index in [0.29, 0.717) is 22.6 Å². The molecule has 0 aliphatic carbocycles. The Kier molecular flexibility index (Phi) is 5.38. The molecule has 0 unspecified atom stereocenters. The number of likely N-dealkylation sites (N-methyl/N-ethyl adjacent to an activating group) is 1. The molecule has 0 aromatic heterocycles. The number of fused-ring (bicyclic) bond motifs is 1. The summed E-state index contributed by atoms with van der Waals surface area (Å²) < 4.78 is 38.5. The van der Waals surface area contributed by atoms with E-state index >= 15 is 0 Å². The fourth-order valence-corrected chi connectivity index (χ4v) is 4.57. The Labute approximate surface area is 153 Å². The first kappa shape index (κ1) is 18.5. The summed E-state index contributed by atoms with van der Waals surface area (Å²) in [6.07, 6.45) is 0. The molecule has 0 radical (unpaired) electrons. The monoisotopic (exact) mass is 376 g/mol. The number of halogens is 1. The Balaban J connectivity index is 1.69. The second kappa shape index (κ2) is 7.55. The molecule has 3 rings (SSSR count). The van der Waals surface area contributed by atoms with Crippen molar-refractivity contribution in [3.8, 4) is 0 Å². The predicted octanol–water partition coefficient (Wildman–Crippen LogP) is 2.07. The lowest BCUT2D eigenvalue weighted by Crippen LogP contribution is -2.38. The molecule has 1 amide bonds. The van der Waals surface area contributed by atoms with E-state index < -0.39 is 9.84 Å². The zero-order valence-corrected chi connectivity index (χ0v) is 15.4. The normalized spacial score (nSPS) is 16.5. The zero-order chi connectivity index (χ0) is 18.7. The van der Waals surface area contributed by atoms with Gasteiger partial charge in [-0.2, -0.15) is 0 Å². The lowest BCUT2D eigenvalue weighted by molar-refractivity contribution is -0.131. The first-order valence-corrected chi connectivity index (χ1v) is 10.0. The summed E-state index contributed by atoms with van der Waals surface area (Å²) in [5.74, 6) is -0.541. The molecular weight excluding hydrogens is 355 g/mol. The smallest absolute Gasteiger partial charge is 0.236 e. The zero-order valence-electron chi connectivity index (χ0n) is 14.6. The van der Waals surface area contributed by atoms with Crippen molar-refractivity contribution < 1.29 is 17.6 Å². The van der Waals surface area contributed by atoms with Gasteiger partial charge in [-0.3, -0.25) is 9.69 Å². The van der Waals surface area contributed by atoms with Gasteiger partial charge in [-0.15, -0.1) is 0 Å². The molecule has 0 atom stereocenters. The van der Waals surface area contributed by atoms with Crippen LogP contribution in [-0.2, 0) is 27.7 Å². The molecule has 0 fully saturated rings. The fraction of sp³-hybridized carbons (Fsp3) is 0.316. The van der Waals surface area contributed by atoms with Crippen LogP contribution in [0.25, 0.3) is 0 Å². The number of carbonyl (C=O) groups excluding carboxylic acids is 1. The topological polar surface area (TPSA) is 57.7 Å². The highest BCUT2D eigenvalue weighted by molar-refractivity contribution is 7.91. The fourth-order valence-electron chi connectivity index (χ4n) is 3.03. The first-order valence-electron chi connectivity index (χ1n) is 8.37. The lowest BCUT2D eigenvalue weighted by Gasteiger charge is -2.24. The summed E-state index contributed by atoms with van der Waals surface area (Å²) >= 11 is 0. The maximum Gasteiger partial charge on any atom is 0.236 e. The summed E-state index contributed by atoms with van der Waals surface area (Å²) in [7, 11) is -1.72. The van der Waals surface area contributed by atoms with Gasteiger partial charge >= 0.3 is 0 Å². The quantitative estimate of drug-likeness (QED) is 0.820. The third-order valence-electron chi connectivity index (χ3n) is 4.53. The summed E-state index contributed by atoms with van der Waals surface area (Å²) in [5.41, 5.74) is 1.15. The van der Waals surface area contributed by atoms with Crippen molar-refractivity contribution >= 4 is 15.7 Å². The minimum Gasteiger partial charge on any atom is -0.340 e. The highest BCUT2D eigenvalue weighted by Gasteiger charge is 2.26. The molecule has 1 aliphatic rings. The van der Waals surface area contributed by atoms with Crippen LogP contribution in [0.1, 0.15) is 11.1 Å². The third kappa shape index (κ3) is 4.11. The van der Waals surface area contributed by atoms with Crippen LogP contribution in [0.3, 0.4) is 0 Å². The predicted molar refractivity (Wildman–Crippen MR) is 96.6 cm³/mol. The SMILES string of the molecule is CN(Cc1ccccc1F)C(=O)CN1CCS(=O)(=O)c2ccccc2C1. The molecule has 1 aliphatic heterocycles. The van der Waals surface area contributed by atoms with E-state index in [2.05, 4.69) is 0 Å². The second-order valence-corrected chi connectivity index (χ2v) is 8.56. The van der Waals surface area contributed by atoms with Crippen LogP contribution in [0.5, 0.6) is 0 Å². The Hall–Kier alpha value is -2.25. The molecule has 5 nitrogen and oxygen atoms in total. The van der Waals surface area contributed by atoms with E-state index in [0.717, 1.165) is 0 Å². The van der Waals surface area contributed by atoms with Gasteiger partial charge in [-0.1, -0.05) is 36.4 Å². The van der Waals surface area contributed by atoms with Gasteiger partial charge in [-0.25, -0.2) is 12.8 Å². The van der Waals surface area contributed by atoms with E-state index in [9.17, 15) is 17.6 Å². The highest BCUT2D eigenvalue weighted by atomic mass is 32.2. The van der Waals surface area contributed by atoms with Gasteiger partial charge in [0.25, 0.3) is 0 Å². The van der Waals surface area contributed by atoms with Crippen LogP contribution in [0.15, 0.2) is 53.4 Å². The third-order valence-corrected chi connectivity index (χ3v) is 6.32. The Morgan fingerprint density at radius 2 is 1.85 bits per heavy atom. The molecule has 0 spiro atoms. The Bertz CT molecular complexity index is 915. The number of benzene rings is 2. The molecule has 138 valence electrons. The number of hydrogen-bond donors (Lipinski definition) is 0. The van der Waals surface area contributed by atoms with E-state index in [1.807, 2.05) is 4.90 Å². The minimum absolute atomic E-state index is 0.0195. The summed E-state index contributed by atoms with van der Waals surface area (Å²) in [5, 5.41) is 0. The van der Waals surface area contributed by atoms with Crippen molar-refractivity contribution in [2.24, 2.45) is 0 Å². The van der Waals surface area contributed by atoms with Gasteiger partial charge in [0.15, 0.2) is 9.84 Å². The highest BCUT2D eigenvalue weighted by Crippen LogP contribution is 2.22. The lowest BCUT2D eigenvalue weighted by atomic mass is 10.2. The Morgan fingerprint density at radius 3 is 2.62 bits per heavy atom. The van der Waals surface area contributed by atoms with Crippen molar-refractivity contribution in [1.82, 2.24) is 9.80 Å². The van der Waals surface area contributed by atoms with Crippen LogP contribution in [-0.4, -0.2) is 50.0 Å². The summed E-state index contributed by atoms with van der Waals surface area (Å²) in [6, 6.07) is 13.2. The number of amides is 1. The van der Waals surface area contributed by atoms with Crippen molar-refractivity contribution in [3.05, 3.63) is 65.5 Å². The first-order chi connectivity index (χ1) is 12.4. The van der Waals surface area contributed by atoms with Gasteiger partial charge in [0.2, 0.25) is 5.91 Å². The molecule has 0 N–H and O–H groups in total. The summed E-state index contributed by atoms with van der Waals surface area (Å²) in [4.78, 5) is 16.2. The number of rotatable bonds is 4. The van der Waals surface area contributed by atoms with Gasteiger partial charge in [0.05, 0.1) is 17.2 Å². The minimum atomic E-state index is -3.34. The van der Waals surface area contributed by atoms with Crippen LogP contribution < -0.4 is 0 Å². The molecule has 1 heterocycles. The number of carbonyl (C=O) groups is 1. The van der Waals surface area contributed by atoms with Crippen molar-refractivity contribution in [2.75, 3.05) is 25.9 Å². The van der Waals surface area contributed by atoms with E-state index in [1.165, 1.54) is 11.0 Å². The van der Waals surface area contributed by atoms with Crippen molar-refractivity contribution in [1.29, 1.82) is 0 Å². The molecule has 2 aromatic carbocycles. The maximum atomic E-state index is 13.8. The van der Waals surface area contributed by atoms with E-state index in [1.54, 1.807) is 49.5 Å². The van der Waals surface area contributed by atoms with Gasteiger partial charge in [0.1, 0.15) is 5.82 Å². The average Bonchev–Trinajstić information content (AvgIpc) is 2.73. The van der Waals surface area contributed by atoms with Crippen LogP contribution in [0.4, 0.5) is 4.39 Å². The number of hydrogen-bond acceptors (Lipinski definition) is 4. The largest absolute Gasteiger partial charge is 0.340 e. The molecule has 0 saturated carbocycles. The van der Waals surface area contributed by atoms with Gasteiger partial charge < -0.3 is 4.90 Å². The molecule has 26 heavy (non-hydrogen) atoms. The van der Waals surface area contributed by atoms with E-state index in [-0.39, 0.29) is 37.1 Å². The van der Waals surface area contributed by atoms with Crippen molar-refractivity contribution in [3.63, 3.8) is 0 Å². The van der Waals surface area contributed by atoms with Crippen molar-refractivity contribution in [2.45, 2.75) is 18.0 Å². The molecular formula is C19H21FN2O3S. The summed E-state index contributed by atoms with van der Waals surface area (Å²) in [6.45, 7) is 0.952. The molecule has 2 aromatic rings. The Morgan fingerprint density at radius 1 is 1.15 bits per heavy atom. The molecule has 7 heteroatoms. The van der Waals surface area contributed by atoms with Crippen LogP contribution >= 0.6 is 0 Å². The maximum absolute atomic E-state index is 13.8. The van der Waals surface area contributed by atoms with Crippen LogP contribution in [0, 0.1) is 5.82 Å². The average molecular weight is 376 g/mol. The standard InChI is InChI=1S/C19H21FN2O3S/c1-21(12-15-6-2-4-8-17(15)20)19(23)14-22-10-11-26(24,25)18-9-5-3-7-16(18)13-22/h2-9H,10-14H2,1H3. The van der Waals surface area contributed by atoms with Gasteiger partial charge in [0, 0.05) is 32.2 Å². The number of sulfone groups is 1. The van der Waals surface area contributed by atoms with E-state index in [4.69, 9.17) is 0 Å². The second-order valence-electron chi connectivity index (χ2n) is 6.48.